The molecule has 2 N–H and O–H groups in total. The third-order valence-electron chi connectivity index (χ3n) is 4.22. The molecule has 0 radical (unpaired) electrons. The molecule has 108 valence electrons. The van der Waals surface area contributed by atoms with Crippen molar-refractivity contribution in [1.82, 2.24) is 10.2 Å². The zero-order valence-electron chi connectivity index (χ0n) is 11.5. The summed E-state index contributed by atoms with van der Waals surface area (Å²) in [6, 6.07) is -0.936. The molecule has 1 saturated heterocycles. The van der Waals surface area contributed by atoms with Gasteiger partial charge in [0, 0.05) is 12.3 Å². The van der Waals surface area contributed by atoms with Crippen LogP contribution in [0.1, 0.15) is 39.5 Å². The number of carbonyl (C=O) groups is 2. The number of carbonyl (C=O) groups excluding carboxylic acids is 1. The van der Waals surface area contributed by atoms with Gasteiger partial charge in [-0.3, -0.25) is 4.90 Å². The maximum atomic E-state index is 12.2. The molecule has 0 aromatic heterocycles. The molecule has 5 nitrogen and oxygen atoms in total. The van der Waals surface area contributed by atoms with Gasteiger partial charge in [-0.1, -0.05) is 19.8 Å². The zero-order chi connectivity index (χ0) is 14.0. The maximum Gasteiger partial charge on any atom is 0.327 e. The summed E-state index contributed by atoms with van der Waals surface area (Å²) in [6.45, 7) is 4.72. The average molecular weight is 286 g/mol. The van der Waals surface area contributed by atoms with Crippen molar-refractivity contribution in [1.29, 1.82) is 0 Å². The molecule has 0 spiro atoms. The number of carboxylic acid groups (broad SMARTS) is 1. The summed E-state index contributed by atoms with van der Waals surface area (Å²) in [7, 11) is 0. The van der Waals surface area contributed by atoms with Crippen molar-refractivity contribution in [3.63, 3.8) is 0 Å². The molecule has 1 heterocycles. The Hall–Kier alpha value is -0.910. The molecule has 1 aliphatic heterocycles. The first-order valence-corrected chi connectivity index (χ1v) is 7.88. The summed E-state index contributed by atoms with van der Waals surface area (Å²) in [5, 5.41) is 12.0. The second kappa shape index (κ2) is 5.61. The van der Waals surface area contributed by atoms with Gasteiger partial charge in [-0.2, -0.15) is 0 Å². The summed E-state index contributed by atoms with van der Waals surface area (Å²) >= 11 is 1.51. The van der Waals surface area contributed by atoms with Crippen LogP contribution in [0.15, 0.2) is 0 Å². The van der Waals surface area contributed by atoms with Gasteiger partial charge >= 0.3 is 12.0 Å². The van der Waals surface area contributed by atoms with E-state index in [4.69, 9.17) is 5.11 Å². The van der Waals surface area contributed by atoms with Crippen LogP contribution < -0.4 is 5.32 Å². The molecule has 2 fully saturated rings. The lowest BCUT2D eigenvalue weighted by atomic mass is 9.89. The molecule has 1 saturated carbocycles. The van der Waals surface area contributed by atoms with Crippen molar-refractivity contribution in [3.05, 3.63) is 0 Å². The van der Waals surface area contributed by atoms with E-state index >= 15 is 0 Å². The van der Waals surface area contributed by atoms with Crippen LogP contribution in [0.4, 0.5) is 4.79 Å². The number of urea groups is 1. The number of carboxylic acids is 1. The lowest BCUT2D eigenvalue weighted by molar-refractivity contribution is -0.141. The van der Waals surface area contributed by atoms with E-state index in [0.717, 1.165) is 12.8 Å². The second-order valence-corrected chi connectivity index (χ2v) is 7.22. The largest absolute Gasteiger partial charge is 0.480 e. The fraction of sp³-hybridized carbons (Fsp3) is 0.846. The van der Waals surface area contributed by atoms with Crippen molar-refractivity contribution < 1.29 is 14.7 Å². The topological polar surface area (TPSA) is 69.6 Å². The number of nitrogens with one attached hydrogen (secondary N) is 1. The SMILES string of the molecule is CC1SCC(C(=O)O)N1C(=O)NCC1(C)CCCC1. The van der Waals surface area contributed by atoms with E-state index in [1.165, 1.54) is 29.5 Å². The van der Waals surface area contributed by atoms with E-state index in [1.807, 2.05) is 6.92 Å². The van der Waals surface area contributed by atoms with Crippen LogP contribution >= 0.6 is 11.8 Å². The predicted molar refractivity (Wildman–Crippen MR) is 75.2 cm³/mol. The molecule has 0 aromatic rings. The number of nitrogens with zero attached hydrogens (tertiary/aromatic N) is 1. The molecule has 0 bridgehead atoms. The van der Waals surface area contributed by atoms with Gasteiger partial charge < -0.3 is 10.4 Å². The van der Waals surface area contributed by atoms with Gasteiger partial charge in [0.1, 0.15) is 6.04 Å². The lowest BCUT2D eigenvalue weighted by Crippen LogP contribution is -2.51. The minimum atomic E-state index is -0.918. The first-order chi connectivity index (χ1) is 8.93. The first-order valence-electron chi connectivity index (χ1n) is 6.83. The van der Waals surface area contributed by atoms with Crippen LogP contribution in [-0.4, -0.2) is 45.7 Å². The molecule has 2 atom stereocenters. The molecular weight excluding hydrogens is 264 g/mol. The Morgan fingerprint density at radius 2 is 2.05 bits per heavy atom. The van der Waals surface area contributed by atoms with Crippen LogP contribution in [0, 0.1) is 5.41 Å². The number of aliphatic carboxylic acids is 1. The quantitative estimate of drug-likeness (QED) is 0.834. The van der Waals surface area contributed by atoms with Crippen molar-refractivity contribution in [2.24, 2.45) is 5.41 Å². The van der Waals surface area contributed by atoms with Crippen molar-refractivity contribution in [2.75, 3.05) is 12.3 Å². The van der Waals surface area contributed by atoms with Gasteiger partial charge in [-0.15, -0.1) is 11.8 Å². The Morgan fingerprint density at radius 3 is 2.63 bits per heavy atom. The van der Waals surface area contributed by atoms with Crippen LogP contribution in [0.5, 0.6) is 0 Å². The molecule has 1 aliphatic carbocycles. The summed E-state index contributed by atoms with van der Waals surface area (Å²) in [5.41, 5.74) is 0.185. The second-order valence-electron chi connectivity index (χ2n) is 5.87. The summed E-state index contributed by atoms with van der Waals surface area (Å²) in [4.78, 5) is 24.8. The van der Waals surface area contributed by atoms with E-state index in [0.29, 0.717) is 12.3 Å². The van der Waals surface area contributed by atoms with Crippen LogP contribution in [-0.2, 0) is 4.79 Å². The normalized spacial score (nSPS) is 29.5. The summed E-state index contributed by atoms with van der Waals surface area (Å²) in [5.74, 6) is -0.444. The molecule has 2 amide bonds. The number of rotatable bonds is 3. The van der Waals surface area contributed by atoms with Crippen LogP contribution in [0.3, 0.4) is 0 Å². The molecule has 0 aromatic carbocycles. The Bertz CT molecular complexity index is 369. The Labute approximate surface area is 118 Å². The van der Waals surface area contributed by atoms with Crippen LogP contribution in [0.25, 0.3) is 0 Å². The average Bonchev–Trinajstić information content (AvgIpc) is 2.93. The van der Waals surface area contributed by atoms with Crippen LogP contribution in [0.2, 0.25) is 0 Å². The van der Waals surface area contributed by atoms with Gasteiger partial charge in [0.2, 0.25) is 0 Å². The number of thioether (sulfide) groups is 1. The van der Waals surface area contributed by atoms with E-state index in [2.05, 4.69) is 12.2 Å². The fourth-order valence-corrected chi connectivity index (χ4v) is 4.09. The Balaban J connectivity index is 1.93. The third kappa shape index (κ3) is 3.16. The van der Waals surface area contributed by atoms with Gasteiger partial charge in [-0.25, -0.2) is 9.59 Å². The van der Waals surface area contributed by atoms with E-state index in [-0.39, 0.29) is 16.8 Å². The fourth-order valence-electron chi connectivity index (χ4n) is 2.93. The number of amides is 2. The van der Waals surface area contributed by atoms with Crippen molar-refractivity contribution in [2.45, 2.75) is 50.9 Å². The van der Waals surface area contributed by atoms with Gasteiger partial charge in [0.15, 0.2) is 0 Å². The summed E-state index contributed by atoms with van der Waals surface area (Å²) in [6.07, 6.45) is 4.72. The van der Waals surface area contributed by atoms with Crippen molar-refractivity contribution >= 4 is 23.8 Å². The summed E-state index contributed by atoms with van der Waals surface area (Å²) < 4.78 is 0. The molecular formula is C13H22N2O3S. The van der Waals surface area contributed by atoms with Gasteiger partial charge in [-0.05, 0) is 25.2 Å². The lowest BCUT2D eigenvalue weighted by Gasteiger charge is -2.29. The minimum absolute atomic E-state index is 0.0718. The molecule has 2 unspecified atom stereocenters. The standard InChI is InChI=1S/C13H22N2O3S/c1-9-15(10(7-19-9)11(16)17)12(18)14-8-13(2)5-3-4-6-13/h9-10H,3-8H2,1-2H3,(H,14,18)(H,16,17). The monoisotopic (exact) mass is 286 g/mol. The van der Waals surface area contributed by atoms with Gasteiger partial charge in [0.05, 0.1) is 5.37 Å². The van der Waals surface area contributed by atoms with E-state index in [9.17, 15) is 9.59 Å². The Kier molecular flexibility index (Phi) is 4.28. The van der Waals surface area contributed by atoms with Gasteiger partial charge in [0.25, 0.3) is 0 Å². The number of hydrogen-bond donors (Lipinski definition) is 2. The van der Waals surface area contributed by atoms with E-state index in [1.54, 1.807) is 0 Å². The highest BCUT2D eigenvalue weighted by molar-refractivity contribution is 8.00. The molecule has 6 heteroatoms. The first kappa shape index (κ1) is 14.5. The molecule has 2 rings (SSSR count). The maximum absolute atomic E-state index is 12.2. The third-order valence-corrected chi connectivity index (χ3v) is 5.44. The number of hydrogen-bond acceptors (Lipinski definition) is 3. The predicted octanol–water partition coefficient (Wildman–Crippen LogP) is 2.12. The molecule has 19 heavy (non-hydrogen) atoms. The highest BCUT2D eigenvalue weighted by atomic mass is 32.2. The highest BCUT2D eigenvalue weighted by Crippen LogP contribution is 2.37. The smallest absolute Gasteiger partial charge is 0.327 e. The zero-order valence-corrected chi connectivity index (χ0v) is 12.3. The molecule has 2 aliphatic rings. The highest BCUT2D eigenvalue weighted by Gasteiger charge is 2.40. The Morgan fingerprint density at radius 1 is 1.42 bits per heavy atom. The van der Waals surface area contributed by atoms with Crippen molar-refractivity contribution in [3.8, 4) is 0 Å². The minimum Gasteiger partial charge on any atom is -0.480 e. The van der Waals surface area contributed by atoms with E-state index < -0.39 is 12.0 Å².